The molecule has 6 aliphatic rings. The number of nitrogens with zero attached hydrogens (tertiary/aromatic N) is 8. The van der Waals surface area contributed by atoms with Gasteiger partial charge in [0.25, 0.3) is 11.8 Å². The van der Waals surface area contributed by atoms with Crippen molar-refractivity contribution in [2.45, 2.75) is 50.7 Å². The van der Waals surface area contributed by atoms with Crippen molar-refractivity contribution >= 4 is 52.4 Å². The standard InChI is InChI=1S/C46H50F4N10O5/c47-37-20-34-35(45(65)60(44(34)64)38-4-6-41(61)54-43(38)63)21-39(37)59-26-29(27-59)25-56-17-15-55(16-18-56)24-28-7-11-58(12-8-28)33-3-5-40(52-23-33)53-42(62)30-9-13-57(14-10-30)32-2-1-31(22-51)36(19-32)46(48,49)50/h1-3,5,19-21,23,28-30,38H,4,6-18,24-27H2,(H,52,53,62)(H,54,61,63). The third kappa shape index (κ3) is 9.23. The molecule has 5 fully saturated rings. The SMILES string of the molecule is N#Cc1ccc(N2CCC(C(=O)Nc3ccc(N4CCC(CN5CCN(CC6CN(c7cc8c(cc7F)C(=O)N(C7CCC(=O)NC7=O)C8=O)C6)CC5)CC4)cn3)CC2)cc1C(F)(F)F. The Kier molecular flexibility index (Phi) is 12.2. The number of imide groups is 2. The number of rotatable bonds is 10. The van der Waals surface area contributed by atoms with Crippen molar-refractivity contribution < 1.29 is 41.5 Å². The minimum absolute atomic E-state index is 0.0129. The van der Waals surface area contributed by atoms with Crippen LogP contribution >= 0.6 is 0 Å². The number of carbonyl (C=O) groups excluding carboxylic acids is 5. The molecule has 0 bridgehead atoms. The minimum Gasteiger partial charge on any atom is -0.371 e. The van der Waals surface area contributed by atoms with Crippen LogP contribution in [-0.2, 0) is 20.6 Å². The highest BCUT2D eigenvalue weighted by Crippen LogP contribution is 2.37. The summed E-state index contributed by atoms with van der Waals surface area (Å²) >= 11 is 0. The van der Waals surface area contributed by atoms with Gasteiger partial charge in [-0.1, -0.05) is 0 Å². The van der Waals surface area contributed by atoms with E-state index >= 15 is 4.39 Å². The Bertz CT molecular complexity index is 2400. The van der Waals surface area contributed by atoms with Crippen molar-refractivity contribution in [2.24, 2.45) is 17.8 Å². The van der Waals surface area contributed by atoms with Crippen LogP contribution in [0.3, 0.4) is 0 Å². The van der Waals surface area contributed by atoms with Crippen LogP contribution in [0.2, 0.25) is 0 Å². The first-order chi connectivity index (χ1) is 31.2. The molecule has 9 rings (SSSR count). The van der Waals surface area contributed by atoms with Gasteiger partial charge in [0.15, 0.2) is 0 Å². The molecule has 0 radical (unpaired) electrons. The van der Waals surface area contributed by atoms with E-state index in [4.69, 9.17) is 5.26 Å². The monoisotopic (exact) mass is 898 g/mol. The molecule has 7 heterocycles. The lowest BCUT2D eigenvalue weighted by molar-refractivity contribution is -0.138. The molecule has 342 valence electrons. The summed E-state index contributed by atoms with van der Waals surface area (Å²) in [6.45, 7) is 9.71. The minimum atomic E-state index is -4.63. The number of carbonyl (C=O) groups is 5. The second-order valence-electron chi connectivity index (χ2n) is 18.1. The van der Waals surface area contributed by atoms with E-state index in [2.05, 4.69) is 30.3 Å². The van der Waals surface area contributed by atoms with Crippen LogP contribution in [0.4, 0.5) is 40.4 Å². The Hall–Kier alpha value is -6.13. The highest BCUT2D eigenvalue weighted by atomic mass is 19.4. The van der Waals surface area contributed by atoms with E-state index < -0.39 is 52.8 Å². The molecule has 1 unspecified atom stereocenters. The number of nitrogens with one attached hydrogen (secondary N) is 2. The number of piperidine rings is 3. The van der Waals surface area contributed by atoms with Gasteiger partial charge in [0.2, 0.25) is 17.7 Å². The summed E-state index contributed by atoms with van der Waals surface area (Å²) in [7, 11) is 0. The third-order valence-corrected chi connectivity index (χ3v) is 13.9. The van der Waals surface area contributed by atoms with E-state index in [1.165, 1.54) is 18.2 Å². The molecule has 15 nitrogen and oxygen atoms in total. The largest absolute Gasteiger partial charge is 0.417 e. The quantitative estimate of drug-likeness (QED) is 0.219. The molecular formula is C46H50F4N10O5. The van der Waals surface area contributed by atoms with Crippen molar-refractivity contribution in [3.63, 3.8) is 0 Å². The molecule has 5 amide bonds. The molecule has 6 aliphatic heterocycles. The number of nitriles is 1. The Balaban J connectivity index is 0.670. The first-order valence-corrected chi connectivity index (χ1v) is 22.4. The average molecular weight is 899 g/mol. The van der Waals surface area contributed by atoms with Crippen LogP contribution < -0.4 is 25.3 Å². The van der Waals surface area contributed by atoms with Crippen LogP contribution in [-0.4, -0.2) is 134 Å². The lowest BCUT2D eigenvalue weighted by atomic mass is 9.95. The Morgan fingerprint density at radius 3 is 2.00 bits per heavy atom. The second-order valence-corrected chi connectivity index (χ2v) is 18.1. The van der Waals surface area contributed by atoms with E-state index in [9.17, 15) is 37.1 Å². The van der Waals surface area contributed by atoms with Gasteiger partial charge in [-0.05, 0) is 80.5 Å². The smallest absolute Gasteiger partial charge is 0.371 e. The zero-order chi connectivity index (χ0) is 45.6. The lowest BCUT2D eigenvalue weighted by Crippen LogP contribution is -2.55. The van der Waals surface area contributed by atoms with E-state index in [1.54, 1.807) is 18.3 Å². The molecule has 2 aromatic carbocycles. The molecule has 1 aromatic heterocycles. The van der Waals surface area contributed by atoms with Gasteiger partial charge in [-0.2, -0.15) is 18.4 Å². The number of anilines is 4. The molecule has 65 heavy (non-hydrogen) atoms. The summed E-state index contributed by atoms with van der Waals surface area (Å²) in [6.07, 6.45) is 0.279. The highest BCUT2D eigenvalue weighted by Gasteiger charge is 2.46. The van der Waals surface area contributed by atoms with E-state index in [0.717, 1.165) is 87.9 Å². The maximum absolute atomic E-state index is 15.3. The Morgan fingerprint density at radius 2 is 1.38 bits per heavy atom. The van der Waals surface area contributed by atoms with Crippen molar-refractivity contribution in [1.29, 1.82) is 5.26 Å². The number of amides is 5. The zero-order valence-corrected chi connectivity index (χ0v) is 35.8. The summed E-state index contributed by atoms with van der Waals surface area (Å²) in [5.74, 6) is -2.20. The fourth-order valence-corrected chi connectivity index (χ4v) is 10.2. The predicted octanol–water partition coefficient (Wildman–Crippen LogP) is 4.34. The van der Waals surface area contributed by atoms with E-state index in [1.807, 2.05) is 15.9 Å². The van der Waals surface area contributed by atoms with Gasteiger partial charge in [-0.25, -0.2) is 9.37 Å². The highest BCUT2D eigenvalue weighted by molar-refractivity contribution is 6.23. The number of hydrogen-bond acceptors (Lipinski definition) is 12. The summed E-state index contributed by atoms with van der Waals surface area (Å²) in [6, 6.07) is 10.5. The van der Waals surface area contributed by atoms with Gasteiger partial charge in [-0.3, -0.25) is 34.2 Å². The average Bonchev–Trinajstić information content (AvgIpc) is 3.52. The molecule has 0 spiro atoms. The van der Waals surface area contributed by atoms with Gasteiger partial charge >= 0.3 is 6.18 Å². The summed E-state index contributed by atoms with van der Waals surface area (Å²) in [5.41, 5.74) is 0.288. The number of halogens is 4. The van der Waals surface area contributed by atoms with Crippen LogP contribution in [0, 0.1) is 34.9 Å². The van der Waals surface area contributed by atoms with Crippen molar-refractivity contribution in [2.75, 3.05) is 98.6 Å². The van der Waals surface area contributed by atoms with E-state index in [0.29, 0.717) is 62.4 Å². The van der Waals surface area contributed by atoms with Crippen LogP contribution in [0.15, 0.2) is 48.7 Å². The van der Waals surface area contributed by atoms with Crippen molar-refractivity contribution in [3.8, 4) is 6.07 Å². The summed E-state index contributed by atoms with van der Waals surface area (Å²) < 4.78 is 55.8. The molecule has 2 N–H and O–H groups in total. The number of piperazine rings is 1. The van der Waals surface area contributed by atoms with Gasteiger partial charge in [-0.15, -0.1) is 0 Å². The molecule has 3 aromatic rings. The number of pyridine rings is 1. The summed E-state index contributed by atoms with van der Waals surface area (Å²) in [5, 5.41) is 14.2. The molecule has 0 saturated carbocycles. The number of benzene rings is 2. The van der Waals surface area contributed by atoms with Crippen molar-refractivity contribution in [1.82, 2.24) is 25.0 Å². The first kappa shape index (κ1) is 44.1. The Labute approximate surface area is 373 Å². The molecule has 0 aliphatic carbocycles. The van der Waals surface area contributed by atoms with Crippen LogP contribution in [0.25, 0.3) is 0 Å². The fourth-order valence-electron chi connectivity index (χ4n) is 10.2. The third-order valence-electron chi connectivity index (χ3n) is 13.9. The normalized spacial score (nSPS) is 21.9. The lowest BCUT2D eigenvalue weighted by Gasteiger charge is -2.45. The Morgan fingerprint density at radius 1 is 0.769 bits per heavy atom. The van der Waals surface area contributed by atoms with Gasteiger partial charge < -0.3 is 29.8 Å². The zero-order valence-electron chi connectivity index (χ0n) is 35.8. The predicted molar refractivity (Wildman–Crippen MR) is 231 cm³/mol. The molecule has 19 heteroatoms. The topological polar surface area (TPSA) is 166 Å². The summed E-state index contributed by atoms with van der Waals surface area (Å²) in [4.78, 5) is 79.8. The molecule has 1 atom stereocenters. The number of hydrogen-bond donors (Lipinski definition) is 2. The van der Waals surface area contributed by atoms with Crippen LogP contribution in [0.5, 0.6) is 0 Å². The maximum atomic E-state index is 15.3. The molecular weight excluding hydrogens is 849 g/mol. The van der Waals surface area contributed by atoms with Gasteiger partial charge in [0.1, 0.15) is 17.7 Å². The maximum Gasteiger partial charge on any atom is 0.417 e. The van der Waals surface area contributed by atoms with Gasteiger partial charge in [0, 0.05) is 102 Å². The number of alkyl halides is 3. The number of aromatic nitrogens is 1. The first-order valence-electron chi connectivity index (χ1n) is 22.4. The molecule has 5 saturated heterocycles. The fraction of sp³-hybridized carbons (Fsp3) is 0.500. The number of fused-ring (bicyclic) bond motifs is 1. The van der Waals surface area contributed by atoms with Crippen LogP contribution in [0.1, 0.15) is 70.4 Å². The second kappa shape index (κ2) is 18.0. The van der Waals surface area contributed by atoms with Gasteiger partial charge in [0.05, 0.1) is 45.9 Å². The van der Waals surface area contributed by atoms with E-state index in [-0.39, 0.29) is 41.5 Å². The van der Waals surface area contributed by atoms with Crippen molar-refractivity contribution in [3.05, 3.63) is 76.7 Å².